The van der Waals surface area contributed by atoms with Gasteiger partial charge in [0, 0.05) is 28.5 Å². The first kappa shape index (κ1) is 23.9. The lowest BCUT2D eigenvalue weighted by atomic mass is 10.1. The number of hydrogen-bond acceptors (Lipinski definition) is 6. The molecule has 35 heavy (non-hydrogen) atoms. The summed E-state index contributed by atoms with van der Waals surface area (Å²) in [7, 11) is 1.43. The molecule has 1 atom stereocenters. The van der Waals surface area contributed by atoms with Crippen molar-refractivity contribution in [3.8, 4) is 5.75 Å². The van der Waals surface area contributed by atoms with E-state index in [-0.39, 0.29) is 23.2 Å². The predicted molar refractivity (Wildman–Crippen MR) is 128 cm³/mol. The van der Waals surface area contributed by atoms with Gasteiger partial charge in [0.2, 0.25) is 5.91 Å². The second-order valence-corrected chi connectivity index (χ2v) is 8.26. The number of carbonyl (C=O) groups is 4. The number of hydrazine groups is 1. The Balaban J connectivity index is 1.71. The summed E-state index contributed by atoms with van der Waals surface area (Å²) in [6.07, 6.45) is 2.53. The number of carbonyl (C=O) groups excluding carboxylic acids is 4. The van der Waals surface area contributed by atoms with Gasteiger partial charge in [0.1, 0.15) is 11.8 Å². The third-order valence-corrected chi connectivity index (χ3v) is 5.74. The Bertz CT molecular complexity index is 1300. The number of ether oxygens (including phenoxy) is 1. The highest BCUT2D eigenvalue weighted by Crippen LogP contribution is 2.34. The molecule has 2 heterocycles. The van der Waals surface area contributed by atoms with E-state index >= 15 is 0 Å². The third kappa shape index (κ3) is 4.85. The first-order valence-corrected chi connectivity index (χ1v) is 11.0. The molecule has 1 aliphatic rings. The molecule has 1 saturated heterocycles. The quantitative estimate of drug-likeness (QED) is 0.433. The van der Waals surface area contributed by atoms with Crippen LogP contribution < -0.4 is 15.1 Å². The van der Waals surface area contributed by atoms with Gasteiger partial charge in [-0.3, -0.25) is 29.6 Å². The van der Waals surface area contributed by atoms with E-state index in [1.54, 1.807) is 18.2 Å². The monoisotopic (exact) mass is 492 g/mol. The summed E-state index contributed by atoms with van der Waals surface area (Å²) in [5.41, 5.74) is 3.98. The summed E-state index contributed by atoms with van der Waals surface area (Å²) in [5, 5.41) is 1.31. The van der Waals surface area contributed by atoms with Gasteiger partial charge < -0.3 is 4.74 Å². The van der Waals surface area contributed by atoms with Crippen molar-refractivity contribution >= 4 is 40.9 Å². The molecule has 1 N–H and O–H groups in total. The van der Waals surface area contributed by atoms with Crippen LogP contribution in [-0.2, 0) is 9.59 Å². The zero-order valence-electron chi connectivity index (χ0n) is 18.9. The lowest BCUT2D eigenvalue weighted by Crippen LogP contribution is -2.54. The number of methoxy groups -OCH3 is 1. The molecule has 1 aliphatic heterocycles. The topological polar surface area (TPSA) is 109 Å². The van der Waals surface area contributed by atoms with Gasteiger partial charge >= 0.3 is 0 Å². The lowest BCUT2D eigenvalue weighted by Gasteiger charge is -2.28. The SMILES string of the molecule is COc1ccc(C)cc1N1C(=O)CC(N(NC(=O)c2ccncc2)C(=O)c2ccc(Cl)cc2)C1=O. The van der Waals surface area contributed by atoms with Crippen LogP contribution in [0.25, 0.3) is 0 Å². The van der Waals surface area contributed by atoms with Crippen molar-refractivity contribution in [2.75, 3.05) is 12.0 Å². The van der Waals surface area contributed by atoms with Crippen molar-refractivity contribution in [3.63, 3.8) is 0 Å². The van der Waals surface area contributed by atoms with Crippen molar-refractivity contribution in [1.82, 2.24) is 15.4 Å². The van der Waals surface area contributed by atoms with E-state index in [0.717, 1.165) is 15.5 Å². The first-order valence-electron chi connectivity index (χ1n) is 10.6. The summed E-state index contributed by atoms with van der Waals surface area (Å²) in [6.45, 7) is 1.82. The van der Waals surface area contributed by atoms with E-state index in [4.69, 9.17) is 16.3 Å². The minimum Gasteiger partial charge on any atom is -0.495 e. The van der Waals surface area contributed by atoms with Crippen molar-refractivity contribution in [2.24, 2.45) is 0 Å². The molecule has 1 aromatic heterocycles. The van der Waals surface area contributed by atoms with Crippen LogP contribution in [0.4, 0.5) is 5.69 Å². The van der Waals surface area contributed by atoms with Crippen LogP contribution in [0, 0.1) is 6.92 Å². The zero-order chi connectivity index (χ0) is 25.1. The predicted octanol–water partition coefficient (Wildman–Crippen LogP) is 3.17. The number of imide groups is 1. The van der Waals surface area contributed by atoms with Crippen LogP contribution in [0.3, 0.4) is 0 Å². The highest BCUT2D eigenvalue weighted by molar-refractivity contribution is 6.30. The Hall–Kier alpha value is -4.24. The summed E-state index contributed by atoms with van der Waals surface area (Å²) < 4.78 is 5.34. The molecule has 0 saturated carbocycles. The fourth-order valence-electron chi connectivity index (χ4n) is 3.72. The molecule has 2 aromatic carbocycles. The maximum Gasteiger partial charge on any atom is 0.273 e. The second-order valence-electron chi connectivity index (χ2n) is 7.82. The number of nitrogens with zero attached hydrogens (tertiary/aromatic N) is 3. The number of aryl methyl sites for hydroxylation is 1. The van der Waals surface area contributed by atoms with E-state index in [0.29, 0.717) is 10.8 Å². The van der Waals surface area contributed by atoms with Gasteiger partial charge in [-0.05, 0) is 61.0 Å². The van der Waals surface area contributed by atoms with Crippen LogP contribution in [0.2, 0.25) is 5.02 Å². The molecule has 4 amide bonds. The van der Waals surface area contributed by atoms with Gasteiger partial charge in [-0.2, -0.15) is 0 Å². The van der Waals surface area contributed by atoms with Gasteiger partial charge in [0.15, 0.2) is 0 Å². The number of rotatable bonds is 5. The standard InChI is InChI=1S/C25H21ClN4O5/c1-15-3-8-21(35-2)19(13-15)29-22(31)14-20(25(29)34)30(24(33)17-4-6-18(26)7-5-17)28-23(32)16-9-11-27-12-10-16/h3-13,20H,14H2,1-2H3,(H,28,32). The molecule has 10 heteroatoms. The number of halogens is 1. The van der Waals surface area contributed by atoms with Crippen molar-refractivity contribution in [3.05, 3.63) is 88.7 Å². The molecule has 0 bridgehead atoms. The van der Waals surface area contributed by atoms with Crippen molar-refractivity contribution < 1.29 is 23.9 Å². The number of anilines is 1. The summed E-state index contributed by atoms with van der Waals surface area (Å²) in [4.78, 5) is 57.7. The maximum absolute atomic E-state index is 13.5. The second kappa shape index (κ2) is 9.94. The van der Waals surface area contributed by atoms with Crippen molar-refractivity contribution in [1.29, 1.82) is 0 Å². The molecule has 1 unspecified atom stereocenters. The van der Waals surface area contributed by atoms with Gasteiger partial charge in [0.25, 0.3) is 17.7 Å². The number of benzene rings is 2. The summed E-state index contributed by atoms with van der Waals surface area (Å²) >= 11 is 5.94. The van der Waals surface area contributed by atoms with Gasteiger partial charge in [-0.25, -0.2) is 9.91 Å². The highest BCUT2D eigenvalue weighted by Gasteiger charge is 2.46. The number of hydrogen-bond donors (Lipinski definition) is 1. The zero-order valence-corrected chi connectivity index (χ0v) is 19.7. The Morgan fingerprint density at radius 3 is 2.40 bits per heavy atom. The Morgan fingerprint density at radius 2 is 1.74 bits per heavy atom. The molecular formula is C25H21ClN4O5. The van der Waals surface area contributed by atoms with Gasteiger partial charge in [0.05, 0.1) is 19.2 Å². The smallest absolute Gasteiger partial charge is 0.273 e. The minimum atomic E-state index is -1.28. The average molecular weight is 493 g/mol. The number of nitrogens with one attached hydrogen (secondary N) is 1. The normalized spacial score (nSPS) is 15.2. The summed E-state index contributed by atoms with van der Waals surface area (Å²) in [5.74, 6) is -2.18. The Kier molecular flexibility index (Phi) is 6.79. The fourth-order valence-corrected chi connectivity index (χ4v) is 3.85. The van der Waals surface area contributed by atoms with E-state index < -0.39 is 29.7 Å². The molecule has 1 fully saturated rings. The third-order valence-electron chi connectivity index (χ3n) is 5.48. The molecule has 178 valence electrons. The van der Waals surface area contributed by atoms with E-state index in [1.165, 1.54) is 55.9 Å². The average Bonchev–Trinajstić information content (AvgIpc) is 3.16. The lowest BCUT2D eigenvalue weighted by molar-refractivity contribution is -0.122. The molecule has 3 aromatic rings. The molecule has 9 nitrogen and oxygen atoms in total. The molecular weight excluding hydrogens is 472 g/mol. The van der Waals surface area contributed by atoms with E-state index in [1.807, 2.05) is 6.92 Å². The number of pyridine rings is 1. The fraction of sp³-hybridized carbons (Fsp3) is 0.160. The Morgan fingerprint density at radius 1 is 1.06 bits per heavy atom. The van der Waals surface area contributed by atoms with Crippen LogP contribution in [-0.4, -0.2) is 46.8 Å². The number of aromatic nitrogens is 1. The molecule has 0 radical (unpaired) electrons. The first-order chi connectivity index (χ1) is 16.8. The Labute approximate surface area is 206 Å². The van der Waals surface area contributed by atoms with Crippen LogP contribution in [0.5, 0.6) is 5.75 Å². The van der Waals surface area contributed by atoms with E-state index in [2.05, 4.69) is 10.4 Å². The molecule has 4 rings (SSSR count). The maximum atomic E-state index is 13.5. The van der Waals surface area contributed by atoms with Crippen LogP contribution >= 0.6 is 11.6 Å². The summed E-state index contributed by atoms with van der Waals surface area (Å²) in [6, 6.07) is 12.7. The van der Waals surface area contributed by atoms with E-state index in [9.17, 15) is 19.2 Å². The largest absolute Gasteiger partial charge is 0.495 e. The van der Waals surface area contributed by atoms with Crippen LogP contribution in [0.1, 0.15) is 32.7 Å². The van der Waals surface area contributed by atoms with Gasteiger partial charge in [-0.15, -0.1) is 0 Å². The van der Waals surface area contributed by atoms with Crippen molar-refractivity contribution in [2.45, 2.75) is 19.4 Å². The van der Waals surface area contributed by atoms with Crippen LogP contribution in [0.15, 0.2) is 67.0 Å². The molecule has 0 spiro atoms. The van der Waals surface area contributed by atoms with Gasteiger partial charge in [-0.1, -0.05) is 17.7 Å². The number of amides is 4. The molecule has 0 aliphatic carbocycles. The minimum absolute atomic E-state index is 0.177. The highest BCUT2D eigenvalue weighted by atomic mass is 35.5.